The summed E-state index contributed by atoms with van der Waals surface area (Å²) in [7, 11) is 0. The highest BCUT2D eigenvalue weighted by molar-refractivity contribution is 5.74. The van der Waals surface area contributed by atoms with Crippen LogP contribution in [0.3, 0.4) is 0 Å². The number of carbonyl (C=O) groups is 1. The van der Waals surface area contributed by atoms with Crippen LogP contribution in [0.25, 0.3) is 0 Å². The quantitative estimate of drug-likeness (QED) is 0.447. The van der Waals surface area contributed by atoms with Gasteiger partial charge in [0, 0.05) is 6.61 Å². The molecule has 0 N–H and O–H groups in total. The van der Waals surface area contributed by atoms with E-state index in [1.807, 2.05) is 0 Å². The number of rotatable bonds is 3. The highest BCUT2D eigenvalue weighted by Gasteiger charge is 2.29. The molecule has 4 nitrogen and oxygen atoms in total. The molecule has 2 unspecified atom stereocenters. The van der Waals surface area contributed by atoms with E-state index in [1.165, 1.54) is 0 Å². The van der Waals surface area contributed by atoms with Gasteiger partial charge in [-0.1, -0.05) is 0 Å². The summed E-state index contributed by atoms with van der Waals surface area (Å²) in [6.07, 6.45) is 1.59. The first-order valence-corrected chi connectivity index (χ1v) is 4.26. The van der Waals surface area contributed by atoms with E-state index in [-0.39, 0.29) is 18.2 Å². The zero-order valence-corrected chi connectivity index (χ0v) is 6.82. The molecule has 2 aliphatic heterocycles. The van der Waals surface area contributed by atoms with E-state index in [2.05, 4.69) is 0 Å². The van der Waals surface area contributed by atoms with Gasteiger partial charge in [-0.2, -0.15) is 0 Å². The molecule has 0 aromatic rings. The fourth-order valence-corrected chi connectivity index (χ4v) is 1.20. The van der Waals surface area contributed by atoms with Gasteiger partial charge in [0.15, 0.2) is 6.10 Å². The molecule has 0 aromatic heterocycles. The monoisotopic (exact) mass is 172 g/mol. The molecular formula is C8H12O4. The SMILES string of the molecule is O=C(OCC1CO1)C1CCCO1. The molecule has 12 heavy (non-hydrogen) atoms. The van der Waals surface area contributed by atoms with Gasteiger partial charge in [-0.15, -0.1) is 0 Å². The summed E-state index contributed by atoms with van der Waals surface area (Å²) in [5.41, 5.74) is 0. The van der Waals surface area contributed by atoms with Crippen LogP contribution in [0.15, 0.2) is 0 Å². The van der Waals surface area contributed by atoms with Crippen LogP contribution >= 0.6 is 0 Å². The number of esters is 1. The van der Waals surface area contributed by atoms with Crippen LogP contribution in [0.5, 0.6) is 0 Å². The zero-order chi connectivity index (χ0) is 8.39. The second-order valence-electron chi connectivity index (χ2n) is 3.09. The minimum Gasteiger partial charge on any atom is -0.461 e. The Balaban J connectivity index is 1.67. The Hall–Kier alpha value is -0.610. The topological polar surface area (TPSA) is 48.1 Å². The van der Waals surface area contributed by atoms with Gasteiger partial charge >= 0.3 is 5.97 Å². The summed E-state index contributed by atoms with van der Waals surface area (Å²) in [6, 6.07) is 0. The first-order valence-electron chi connectivity index (χ1n) is 4.26. The van der Waals surface area contributed by atoms with Gasteiger partial charge in [-0.3, -0.25) is 0 Å². The van der Waals surface area contributed by atoms with Crippen molar-refractivity contribution >= 4 is 5.97 Å². The minimum absolute atomic E-state index is 0.148. The Kier molecular flexibility index (Phi) is 2.28. The summed E-state index contributed by atoms with van der Waals surface area (Å²) < 4.78 is 15.0. The Bertz CT molecular complexity index is 170. The maximum absolute atomic E-state index is 11.2. The van der Waals surface area contributed by atoms with E-state index in [0.717, 1.165) is 19.4 Å². The molecule has 2 heterocycles. The minimum atomic E-state index is -0.316. The third kappa shape index (κ3) is 1.95. The summed E-state index contributed by atoms with van der Waals surface area (Å²) in [6.45, 7) is 1.79. The predicted molar refractivity (Wildman–Crippen MR) is 39.7 cm³/mol. The van der Waals surface area contributed by atoms with Gasteiger partial charge in [0.2, 0.25) is 0 Å². The normalized spacial score (nSPS) is 33.3. The Morgan fingerprint density at radius 2 is 2.33 bits per heavy atom. The Morgan fingerprint density at radius 3 is 2.92 bits per heavy atom. The van der Waals surface area contributed by atoms with Gasteiger partial charge in [0.05, 0.1) is 6.61 Å². The van der Waals surface area contributed by atoms with Crippen molar-refractivity contribution in [1.29, 1.82) is 0 Å². The summed E-state index contributed by atoms with van der Waals surface area (Å²) in [5, 5.41) is 0. The lowest BCUT2D eigenvalue weighted by Crippen LogP contribution is -2.23. The second-order valence-corrected chi connectivity index (χ2v) is 3.09. The van der Waals surface area contributed by atoms with Crippen molar-refractivity contribution in [2.75, 3.05) is 19.8 Å². The lowest BCUT2D eigenvalue weighted by Gasteiger charge is -2.07. The average molecular weight is 172 g/mol. The van der Waals surface area contributed by atoms with Crippen LogP contribution < -0.4 is 0 Å². The molecule has 2 saturated heterocycles. The van der Waals surface area contributed by atoms with Crippen molar-refractivity contribution in [3.63, 3.8) is 0 Å². The zero-order valence-electron chi connectivity index (χ0n) is 6.82. The fourth-order valence-electron chi connectivity index (χ4n) is 1.20. The van der Waals surface area contributed by atoms with Crippen molar-refractivity contribution < 1.29 is 19.0 Å². The summed E-state index contributed by atoms with van der Waals surface area (Å²) >= 11 is 0. The Labute approximate surface area is 70.8 Å². The predicted octanol–water partition coefficient (Wildman–Crippen LogP) is 0.107. The van der Waals surface area contributed by atoms with Gasteiger partial charge in [-0.05, 0) is 12.8 Å². The molecule has 2 rings (SSSR count). The molecule has 0 aromatic carbocycles. The van der Waals surface area contributed by atoms with Crippen LogP contribution in [-0.2, 0) is 19.0 Å². The van der Waals surface area contributed by atoms with E-state index in [0.29, 0.717) is 13.2 Å². The number of ether oxygens (including phenoxy) is 3. The van der Waals surface area contributed by atoms with E-state index >= 15 is 0 Å². The smallest absolute Gasteiger partial charge is 0.335 e. The summed E-state index contributed by atoms with van der Waals surface area (Å²) in [5.74, 6) is -0.233. The molecule has 0 bridgehead atoms. The highest BCUT2D eigenvalue weighted by Crippen LogP contribution is 2.15. The number of hydrogen-bond donors (Lipinski definition) is 0. The standard InChI is InChI=1S/C8H12O4/c9-8(7-2-1-3-10-7)12-5-6-4-11-6/h6-7H,1-5H2. The maximum Gasteiger partial charge on any atom is 0.335 e. The van der Waals surface area contributed by atoms with Crippen molar-refractivity contribution in [3.05, 3.63) is 0 Å². The van der Waals surface area contributed by atoms with E-state index in [4.69, 9.17) is 14.2 Å². The molecule has 0 radical (unpaired) electrons. The van der Waals surface area contributed by atoms with Crippen molar-refractivity contribution in [2.45, 2.75) is 25.0 Å². The van der Waals surface area contributed by atoms with Crippen LogP contribution in [-0.4, -0.2) is 38.0 Å². The molecule has 68 valence electrons. The first-order chi connectivity index (χ1) is 5.86. The highest BCUT2D eigenvalue weighted by atomic mass is 16.6. The van der Waals surface area contributed by atoms with E-state index < -0.39 is 0 Å². The van der Waals surface area contributed by atoms with Crippen LogP contribution in [0.2, 0.25) is 0 Å². The Morgan fingerprint density at radius 1 is 1.50 bits per heavy atom. The average Bonchev–Trinajstić information content (AvgIpc) is 2.74. The third-order valence-electron chi connectivity index (χ3n) is 2.01. The third-order valence-corrected chi connectivity index (χ3v) is 2.01. The van der Waals surface area contributed by atoms with Crippen LogP contribution in [0.1, 0.15) is 12.8 Å². The van der Waals surface area contributed by atoms with Gasteiger partial charge in [0.1, 0.15) is 12.7 Å². The van der Waals surface area contributed by atoms with Crippen LogP contribution in [0, 0.1) is 0 Å². The molecular weight excluding hydrogens is 160 g/mol. The fraction of sp³-hybridized carbons (Fsp3) is 0.875. The van der Waals surface area contributed by atoms with Crippen LogP contribution in [0.4, 0.5) is 0 Å². The maximum atomic E-state index is 11.2. The molecule has 2 aliphatic rings. The lowest BCUT2D eigenvalue weighted by atomic mass is 10.2. The van der Waals surface area contributed by atoms with Gasteiger partial charge < -0.3 is 14.2 Å². The molecule has 0 spiro atoms. The van der Waals surface area contributed by atoms with E-state index in [1.54, 1.807) is 0 Å². The number of carbonyl (C=O) groups excluding carboxylic acids is 1. The largest absolute Gasteiger partial charge is 0.461 e. The molecule has 0 saturated carbocycles. The van der Waals surface area contributed by atoms with Crippen molar-refractivity contribution in [1.82, 2.24) is 0 Å². The van der Waals surface area contributed by atoms with Gasteiger partial charge in [-0.25, -0.2) is 4.79 Å². The van der Waals surface area contributed by atoms with Crippen molar-refractivity contribution in [3.8, 4) is 0 Å². The summed E-state index contributed by atoms with van der Waals surface area (Å²) in [4.78, 5) is 11.2. The second kappa shape index (κ2) is 3.41. The van der Waals surface area contributed by atoms with E-state index in [9.17, 15) is 4.79 Å². The molecule has 2 fully saturated rings. The molecule has 2 atom stereocenters. The lowest BCUT2D eigenvalue weighted by molar-refractivity contribution is -0.154. The molecule has 0 aliphatic carbocycles. The molecule has 4 heteroatoms. The first kappa shape index (κ1) is 8.01. The molecule has 0 amide bonds. The number of hydrogen-bond acceptors (Lipinski definition) is 4. The van der Waals surface area contributed by atoms with Gasteiger partial charge in [0.25, 0.3) is 0 Å². The number of epoxide rings is 1. The van der Waals surface area contributed by atoms with Crippen molar-refractivity contribution in [2.24, 2.45) is 0 Å².